The summed E-state index contributed by atoms with van der Waals surface area (Å²) in [5.41, 5.74) is 1.13. The Morgan fingerprint density at radius 1 is 1.14 bits per heavy atom. The lowest BCUT2D eigenvalue weighted by Gasteiger charge is -2.26. The third-order valence-electron chi connectivity index (χ3n) is 3.62. The molecule has 2 aromatic rings. The normalized spacial score (nSPS) is 16.0. The van der Waals surface area contributed by atoms with Crippen LogP contribution in [0.1, 0.15) is 19.2 Å². The summed E-state index contributed by atoms with van der Waals surface area (Å²) in [6.07, 6.45) is 1.13. The summed E-state index contributed by atoms with van der Waals surface area (Å²) >= 11 is 1.77. The molecular formula is C16H22N4OS. The van der Waals surface area contributed by atoms with Gasteiger partial charge in [-0.15, -0.1) is 10.2 Å². The highest BCUT2D eigenvalue weighted by Gasteiger charge is 2.18. The minimum atomic E-state index is 0.802. The summed E-state index contributed by atoms with van der Waals surface area (Å²) in [5, 5.41) is 9.85. The van der Waals surface area contributed by atoms with Crippen molar-refractivity contribution < 1.29 is 4.74 Å². The highest BCUT2D eigenvalue weighted by molar-refractivity contribution is 7.99. The number of ether oxygens (including phenoxy) is 1. The smallest absolute Gasteiger partial charge is 0.195 e. The molecule has 0 unspecified atom stereocenters. The van der Waals surface area contributed by atoms with E-state index in [-0.39, 0.29) is 0 Å². The molecule has 0 aliphatic carbocycles. The topological polar surface area (TPSA) is 43.2 Å². The van der Waals surface area contributed by atoms with Crippen LogP contribution < -0.4 is 0 Å². The summed E-state index contributed by atoms with van der Waals surface area (Å²) in [6.45, 7) is 6.52. The van der Waals surface area contributed by atoms with Crippen molar-refractivity contribution >= 4 is 11.8 Å². The molecule has 0 spiro atoms. The van der Waals surface area contributed by atoms with Crippen molar-refractivity contribution in [3.63, 3.8) is 0 Å². The van der Waals surface area contributed by atoms with Crippen LogP contribution in [0, 0.1) is 0 Å². The van der Waals surface area contributed by atoms with Crippen molar-refractivity contribution in [1.29, 1.82) is 0 Å². The summed E-state index contributed by atoms with van der Waals surface area (Å²) in [6, 6.07) is 10.4. The van der Waals surface area contributed by atoms with Gasteiger partial charge in [0.25, 0.3) is 0 Å². The van der Waals surface area contributed by atoms with Gasteiger partial charge in [-0.2, -0.15) is 0 Å². The van der Waals surface area contributed by atoms with E-state index >= 15 is 0 Å². The Bertz CT molecular complexity index is 581. The van der Waals surface area contributed by atoms with Crippen LogP contribution in [0.3, 0.4) is 0 Å². The van der Waals surface area contributed by atoms with Crippen LogP contribution in [0.25, 0.3) is 5.69 Å². The van der Waals surface area contributed by atoms with Gasteiger partial charge < -0.3 is 4.74 Å². The summed E-state index contributed by atoms with van der Waals surface area (Å²) in [7, 11) is 0. The maximum atomic E-state index is 5.42. The number of hydrogen-bond acceptors (Lipinski definition) is 5. The standard InChI is InChI=1S/C16H22N4OS/c1-2-12-22-16-18-17-15(13-19-8-10-21-11-9-19)20(16)14-6-4-3-5-7-14/h3-7H,2,8-13H2,1H3. The Kier molecular flexibility index (Phi) is 5.48. The third-order valence-corrected chi connectivity index (χ3v) is 4.75. The zero-order valence-electron chi connectivity index (χ0n) is 12.9. The van der Waals surface area contributed by atoms with Crippen molar-refractivity contribution in [3.8, 4) is 5.69 Å². The monoisotopic (exact) mass is 318 g/mol. The van der Waals surface area contributed by atoms with Gasteiger partial charge in [-0.1, -0.05) is 36.9 Å². The quantitative estimate of drug-likeness (QED) is 0.766. The number of benzene rings is 1. The van der Waals surface area contributed by atoms with E-state index in [4.69, 9.17) is 4.74 Å². The molecular weight excluding hydrogens is 296 g/mol. The average molecular weight is 318 g/mol. The van der Waals surface area contributed by atoms with E-state index in [0.717, 1.165) is 61.7 Å². The Morgan fingerprint density at radius 3 is 2.64 bits per heavy atom. The SMILES string of the molecule is CCCSc1nnc(CN2CCOCC2)n1-c1ccccc1. The molecule has 0 saturated carbocycles. The molecule has 1 aliphatic rings. The summed E-state index contributed by atoms with van der Waals surface area (Å²) < 4.78 is 7.61. The molecule has 0 amide bonds. The molecule has 1 fully saturated rings. The number of morpholine rings is 1. The fourth-order valence-electron chi connectivity index (χ4n) is 2.49. The molecule has 118 valence electrons. The molecule has 0 bridgehead atoms. The van der Waals surface area contributed by atoms with E-state index in [0.29, 0.717) is 0 Å². The lowest BCUT2D eigenvalue weighted by molar-refractivity contribution is 0.0328. The predicted octanol–water partition coefficient (Wildman–Crippen LogP) is 2.60. The minimum absolute atomic E-state index is 0.802. The summed E-state index contributed by atoms with van der Waals surface area (Å²) in [4.78, 5) is 2.38. The van der Waals surface area contributed by atoms with Crippen LogP contribution in [0.15, 0.2) is 35.5 Å². The molecule has 3 rings (SSSR count). The fourth-order valence-corrected chi connectivity index (χ4v) is 3.31. The van der Waals surface area contributed by atoms with E-state index in [2.05, 4.69) is 50.9 Å². The molecule has 22 heavy (non-hydrogen) atoms. The third kappa shape index (κ3) is 3.69. The molecule has 5 nitrogen and oxygen atoms in total. The van der Waals surface area contributed by atoms with Gasteiger partial charge in [0.2, 0.25) is 0 Å². The second kappa shape index (κ2) is 7.76. The second-order valence-electron chi connectivity index (χ2n) is 5.31. The summed E-state index contributed by atoms with van der Waals surface area (Å²) in [5.74, 6) is 2.06. The Labute approximate surface area is 135 Å². The van der Waals surface area contributed by atoms with Gasteiger partial charge in [0.15, 0.2) is 11.0 Å². The van der Waals surface area contributed by atoms with Gasteiger partial charge in [0.05, 0.1) is 19.8 Å². The molecule has 1 aliphatic heterocycles. The van der Waals surface area contributed by atoms with Crippen LogP contribution in [-0.4, -0.2) is 51.7 Å². The minimum Gasteiger partial charge on any atom is -0.379 e. The second-order valence-corrected chi connectivity index (χ2v) is 6.37. The van der Waals surface area contributed by atoms with Crippen molar-refractivity contribution in [3.05, 3.63) is 36.2 Å². The molecule has 1 saturated heterocycles. The van der Waals surface area contributed by atoms with Gasteiger partial charge >= 0.3 is 0 Å². The molecule has 1 aromatic heterocycles. The van der Waals surface area contributed by atoms with Crippen LogP contribution >= 0.6 is 11.8 Å². The van der Waals surface area contributed by atoms with Gasteiger partial charge in [-0.3, -0.25) is 9.47 Å². The van der Waals surface area contributed by atoms with E-state index in [1.807, 2.05) is 6.07 Å². The zero-order valence-corrected chi connectivity index (χ0v) is 13.8. The Morgan fingerprint density at radius 2 is 1.91 bits per heavy atom. The van der Waals surface area contributed by atoms with Crippen molar-refractivity contribution in [2.75, 3.05) is 32.1 Å². The lowest BCUT2D eigenvalue weighted by atomic mass is 10.3. The Hall–Kier alpha value is -1.37. The van der Waals surface area contributed by atoms with Crippen molar-refractivity contribution in [2.45, 2.75) is 25.0 Å². The van der Waals surface area contributed by atoms with E-state index in [9.17, 15) is 0 Å². The van der Waals surface area contributed by atoms with Gasteiger partial charge in [0.1, 0.15) is 0 Å². The average Bonchev–Trinajstić information content (AvgIpc) is 2.97. The van der Waals surface area contributed by atoms with Gasteiger partial charge in [-0.25, -0.2) is 0 Å². The Balaban J connectivity index is 1.86. The largest absolute Gasteiger partial charge is 0.379 e. The number of para-hydroxylation sites is 1. The first-order chi connectivity index (χ1) is 10.9. The van der Waals surface area contributed by atoms with Crippen molar-refractivity contribution in [2.24, 2.45) is 0 Å². The maximum absolute atomic E-state index is 5.42. The molecule has 0 N–H and O–H groups in total. The number of hydrogen-bond donors (Lipinski definition) is 0. The van der Waals surface area contributed by atoms with E-state index in [1.165, 1.54) is 0 Å². The molecule has 6 heteroatoms. The van der Waals surface area contributed by atoms with Crippen LogP contribution in [0.5, 0.6) is 0 Å². The van der Waals surface area contributed by atoms with Gasteiger partial charge in [0, 0.05) is 24.5 Å². The number of aromatic nitrogens is 3. The molecule has 0 atom stereocenters. The maximum Gasteiger partial charge on any atom is 0.195 e. The van der Waals surface area contributed by atoms with Crippen molar-refractivity contribution in [1.82, 2.24) is 19.7 Å². The predicted molar refractivity (Wildman–Crippen MR) is 88.5 cm³/mol. The first kappa shape index (κ1) is 15.5. The zero-order chi connectivity index (χ0) is 15.2. The number of nitrogens with zero attached hydrogens (tertiary/aromatic N) is 4. The van der Waals surface area contributed by atoms with Crippen LogP contribution in [-0.2, 0) is 11.3 Å². The highest BCUT2D eigenvalue weighted by Crippen LogP contribution is 2.23. The molecule has 2 heterocycles. The molecule has 0 radical (unpaired) electrons. The first-order valence-corrected chi connectivity index (χ1v) is 8.79. The van der Waals surface area contributed by atoms with Crippen LogP contribution in [0.4, 0.5) is 0 Å². The fraction of sp³-hybridized carbons (Fsp3) is 0.500. The highest BCUT2D eigenvalue weighted by atomic mass is 32.2. The molecule has 1 aromatic carbocycles. The van der Waals surface area contributed by atoms with Gasteiger partial charge in [-0.05, 0) is 18.6 Å². The number of rotatable bonds is 6. The number of thioether (sulfide) groups is 1. The van der Waals surface area contributed by atoms with E-state index < -0.39 is 0 Å². The lowest BCUT2D eigenvalue weighted by Crippen LogP contribution is -2.36. The van der Waals surface area contributed by atoms with E-state index in [1.54, 1.807) is 11.8 Å². The first-order valence-electron chi connectivity index (χ1n) is 7.81. The van der Waals surface area contributed by atoms with Crippen LogP contribution in [0.2, 0.25) is 0 Å².